The number of nitrogens with one attached hydrogen (secondary N) is 1. The summed E-state index contributed by atoms with van der Waals surface area (Å²) in [6.45, 7) is 4.76. The monoisotopic (exact) mass is 389 g/mol. The van der Waals surface area contributed by atoms with E-state index in [2.05, 4.69) is 46.4 Å². The molecule has 0 bridgehead atoms. The van der Waals surface area contributed by atoms with Crippen LogP contribution in [0, 0.1) is 0 Å². The van der Waals surface area contributed by atoms with E-state index in [1.807, 2.05) is 30.3 Å². The summed E-state index contributed by atoms with van der Waals surface area (Å²) in [5.74, 6) is 0.959. The third kappa shape index (κ3) is 7.06. The second-order valence-electron chi connectivity index (χ2n) is 6.12. The molecule has 0 fully saturated rings. The van der Waals surface area contributed by atoms with E-state index in [-0.39, 0.29) is 0 Å². The topological polar surface area (TPSA) is 21.3 Å². The molecule has 0 aliphatic rings. The summed E-state index contributed by atoms with van der Waals surface area (Å²) in [5.41, 5.74) is 2.39. The lowest BCUT2D eigenvalue weighted by molar-refractivity contribution is 0.302. The molecule has 2 aromatic carbocycles. The summed E-state index contributed by atoms with van der Waals surface area (Å²) in [4.78, 5) is 0. The van der Waals surface area contributed by atoms with Gasteiger partial charge in [0.1, 0.15) is 12.4 Å². The van der Waals surface area contributed by atoms with Crippen LogP contribution < -0.4 is 10.1 Å². The molecule has 0 amide bonds. The lowest BCUT2D eigenvalue weighted by Gasteiger charge is -2.13. The molecule has 0 aromatic heterocycles. The number of rotatable bonds is 11. The summed E-state index contributed by atoms with van der Waals surface area (Å²) < 4.78 is 7.12. The molecule has 1 N–H and O–H groups in total. The Kier molecular flexibility index (Phi) is 8.93. The molecule has 0 atom stereocenters. The molecule has 0 aliphatic carbocycles. The van der Waals surface area contributed by atoms with Gasteiger partial charge < -0.3 is 10.1 Å². The number of hydrogen-bond acceptors (Lipinski definition) is 2. The quantitative estimate of drug-likeness (QED) is 0.469. The molecule has 2 aromatic rings. The third-order valence-electron chi connectivity index (χ3n) is 4.03. The number of halogens is 1. The van der Waals surface area contributed by atoms with Crippen LogP contribution in [0.1, 0.15) is 50.2 Å². The van der Waals surface area contributed by atoms with Crippen LogP contribution in [0.5, 0.6) is 5.75 Å². The number of ether oxygens (including phenoxy) is 1. The van der Waals surface area contributed by atoms with Gasteiger partial charge in [0.25, 0.3) is 0 Å². The van der Waals surface area contributed by atoms with Crippen molar-refractivity contribution in [2.45, 2.75) is 52.2 Å². The van der Waals surface area contributed by atoms with E-state index in [1.54, 1.807) is 0 Å². The van der Waals surface area contributed by atoms with Gasteiger partial charge >= 0.3 is 0 Å². The van der Waals surface area contributed by atoms with Crippen LogP contribution >= 0.6 is 15.9 Å². The van der Waals surface area contributed by atoms with Gasteiger partial charge in [-0.25, -0.2) is 0 Å². The van der Waals surface area contributed by atoms with Crippen molar-refractivity contribution in [1.29, 1.82) is 0 Å². The first-order chi connectivity index (χ1) is 11.8. The summed E-state index contributed by atoms with van der Waals surface area (Å²) in [6, 6.07) is 16.5. The third-order valence-corrected chi connectivity index (χ3v) is 4.53. The average molecular weight is 390 g/mol. The van der Waals surface area contributed by atoms with E-state index in [9.17, 15) is 0 Å². The van der Waals surface area contributed by atoms with Crippen molar-refractivity contribution in [1.82, 2.24) is 5.32 Å². The number of hydrogen-bond donors (Lipinski definition) is 1. The molecule has 0 aliphatic heterocycles. The van der Waals surface area contributed by atoms with Crippen LogP contribution in [0.4, 0.5) is 0 Å². The van der Waals surface area contributed by atoms with E-state index in [4.69, 9.17) is 4.74 Å². The Labute approximate surface area is 154 Å². The zero-order valence-electron chi connectivity index (χ0n) is 14.6. The molecule has 0 saturated carbocycles. The van der Waals surface area contributed by atoms with Crippen molar-refractivity contribution in [2.24, 2.45) is 0 Å². The summed E-state index contributed by atoms with van der Waals surface area (Å²) in [5, 5.41) is 3.54. The standard InChI is InChI=1S/C21H28BrNO/c1-2-3-4-5-9-14-23-16-19-15-20(22)12-13-21(19)24-17-18-10-7-6-8-11-18/h6-8,10-13,15,23H,2-5,9,14,16-17H2,1H3. The van der Waals surface area contributed by atoms with Crippen molar-refractivity contribution in [3.63, 3.8) is 0 Å². The van der Waals surface area contributed by atoms with E-state index >= 15 is 0 Å². The van der Waals surface area contributed by atoms with Gasteiger partial charge in [0.15, 0.2) is 0 Å². The minimum atomic E-state index is 0.604. The highest BCUT2D eigenvalue weighted by molar-refractivity contribution is 9.10. The van der Waals surface area contributed by atoms with Gasteiger partial charge in [-0.05, 0) is 36.7 Å². The Hall–Kier alpha value is -1.32. The van der Waals surface area contributed by atoms with Crippen molar-refractivity contribution in [3.05, 3.63) is 64.1 Å². The lowest BCUT2D eigenvalue weighted by Crippen LogP contribution is -2.15. The van der Waals surface area contributed by atoms with E-state index in [0.29, 0.717) is 6.61 Å². The smallest absolute Gasteiger partial charge is 0.124 e. The summed E-state index contributed by atoms with van der Waals surface area (Å²) in [6.07, 6.45) is 6.56. The maximum absolute atomic E-state index is 6.03. The first kappa shape index (κ1) is 19.0. The second-order valence-corrected chi connectivity index (χ2v) is 7.03. The zero-order valence-corrected chi connectivity index (χ0v) is 16.1. The minimum absolute atomic E-state index is 0.604. The summed E-state index contributed by atoms with van der Waals surface area (Å²) >= 11 is 3.56. The van der Waals surface area contributed by atoms with Crippen molar-refractivity contribution in [3.8, 4) is 5.75 Å². The van der Waals surface area contributed by atoms with Crippen LogP contribution in [0.2, 0.25) is 0 Å². The van der Waals surface area contributed by atoms with Crippen LogP contribution in [0.25, 0.3) is 0 Å². The van der Waals surface area contributed by atoms with Crippen LogP contribution in [0.15, 0.2) is 53.0 Å². The highest BCUT2D eigenvalue weighted by Gasteiger charge is 2.05. The average Bonchev–Trinajstić information content (AvgIpc) is 2.61. The Morgan fingerprint density at radius 3 is 2.54 bits per heavy atom. The second kappa shape index (κ2) is 11.3. The maximum Gasteiger partial charge on any atom is 0.124 e. The van der Waals surface area contributed by atoms with Gasteiger partial charge in [0, 0.05) is 16.6 Å². The predicted molar refractivity (Wildman–Crippen MR) is 105 cm³/mol. The molecule has 0 unspecified atom stereocenters. The van der Waals surface area contributed by atoms with Gasteiger partial charge in [-0.2, -0.15) is 0 Å². The Morgan fingerprint density at radius 2 is 1.75 bits per heavy atom. The molecular weight excluding hydrogens is 362 g/mol. The van der Waals surface area contributed by atoms with Crippen molar-refractivity contribution in [2.75, 3.05) is 6.54 Å². The molecule has 24 heavy (non-hydrogen) atoms. The number of benzene rings is 2. The molecule has 2 rings (SSSR count). The molecule has 130 valence electrons. The largest absolute Gasteiger partial charge is 0.489 e. The predicted octanol–water partition coefficient (Wildman–Crippen LogP) is 6.09. The van der Waals surface area contributed by atoms with E-state index in [0.717, 1.165) is 23.3 Å². The fourth-order valence-electron chi connectivity index (χ4n) is 2.64. The summed E-state index contributed by atoms with van der Waals surface area (Å²) in [7, 11) is 0. The Morgan fingerprint density at radius 1 is 0.958 bits per heavy atom. The van der Waals surface area contributed by atoms with Gasteiger partial charge in [-0.15, -0.1) is 0 Å². The van der Waals surface area contributed by atoms with Gasteiger partial charge in [-0.3, -0.25) is 0 Å². The maximum atomic E-state index is 6.03. The Balaban J connectivity index is 1.81. The molecule has 2 nitrogen and oxygen atoms in total. The van der Waals surface area contributed by atoms with Gasteiger partial charge in [0.2, 0.25) is 0 Å². The van der Waals surface area contributed by atoms with E-state index < -0.39 is 0 Å². The van der Waals surface area contributed by atoms with Crippen molar-refractivity contribution >= 4 is 15.9 Å². The Bertz CT molecular complexity index is 586. The molecule has 0 saturated heterocycles. The van der Waals surface area contributed by atoms with Gasteiger partial charge in [-0.1, -0.05) is 78.9 Å². The van der Waals surface area contributed by atoms with Crippen LogP contribution in [-0.2, 0) is 13.2 Å². The molecule has 0 spiro atoms. The highest BCUT2D eigenvalue weighted by atomic mass is 79.9. The number of unbranched alkanes of at least 4 members (excludes halogenated alkanes) is 4. The van der Waals surface area contributed by atoms with Crippen LogP contribution in [-0.4, -0.2) is 6.54 Å². The molecule has 0 heterocycles. The normalized spacial score (nSPS) is 10.8. The van der Waals surface area contributed by atoms with Crippen molar-refractivity contribution < 1.29 is 4.74 Å². The molecule has 3 heteroatoms. The fraction of sp³-hybridized carbons (Fsp3) is 0.429. The molecule has 0 radical (unpaired) electrons. The fourth-order valence-corrected chi connectivity index (χ4v) is 3.05. The lowest BCUT2D eigenvalue weighted by atomic mass is 10.1. The van der Waals surface area contributed by atoms with E-state index in [1.165, 1.54) is 43.2 Å². The van der Waals surface area contributed by atoms with Crippen LogP contribution in [0.3, 0.4) is 0 Å². The highest BCUT2D eigenvalue weighted by Crippen LogP contribution is 2.24. The minimum Gasteiger partial charge on any atom is -0.489 e. The SMILES string of the molecule is CCCCCCCNCc1cc(Br)ccc1OCc1ccccc1. The van der Waals surface area contributed by atoms with Gasteiger partial charge in [0.05, 0.1) is 0 Å². The first-order valence-corrected chi connectivity index (χ1v) is 9.74. The first-order valence-electron chi connectivity index (χ1n) is 8.95. The zero-order chi connectivity index (χ0) is 17.0. The molecular formula is C21H28BrNO.